The first-order valence-electron chi connectivity index (χ1n) is 5.53. The summed E-state index contributed by atoms with van der Waals surface area (Å²) in [6.07, 6.45) is 8.25. The van der Waals surface area contributed by atoms with Gasteiger partial charge in [0.05, 0.1) is 13.2 Å². The van der Waals surface area contributed by atoms with E-state index in [-0.39, 0.29) is 5.72 Å². The van der Waals surface area contributed by atoms with Gasteiger partial charge in [0.15, 0.2) is 5.72 Å². The third-order valence-corrected chi connectivity index (χ3v) is 2.67. The van der Waals surface area contributed by atoms with Crippen LogP contribution in [0.25, 0.3) is 0 Å². The summed E-state index contributed by atoms with van der Waals surface area (Å²) in [4.78, 5) is 0. The van der Waals surface area contributed by atoms with E-state index in [0.29, 0.717) is 5.92 Å². The van der Waals surface area contributed by atoms with Crippen LogP contribution >= 0.6 is 0 Å². The van der Waals surface area contributed by atoms with Crippen LogP contribution in [0.5, 0.6) is 0 Å². The fourth-order valence-corrected chi connectivity index (χ4v) is 1.94. The molecule has 0 unspecified atom stereocenters. The first-order chi connectivity index (χ1) is 7.16. The Morgan fingerprint density at radius 3 is 3.07 bits per heavy atom. The lowest BCUT2D eigenvalue weighted by Crippen LogP contribution is -2.35. The van der Waals surface area contributed by atoms with Crippen molar-refractivity contribution in [1.82, 2.24) is 5.32 Å². The topological polar surface area (TPSA) is 30.5 Å². The molecule has 84 valence electrons. The summed E-state index contributed by atoms with van der Waals surface area (Å²) in [6, 6.07) is 0. The number of rotatable bonds is 2. The van der Waals surface area contributed by atoms with Crippen LogP contribution in [-0.2, 0) is 9.47 Å². The Labute approximate surface area is 91.1 Å². The zero-order valence-corrected chi connectivity index (χ0v) is 9.45. The number of ether oxygens (including phenoxy) is 2. The van der Waals surface area contributed by atoms with E-state index in [1.54, 1.807) is 0 Å². The third kappa shape index (κ3) is 2.99. The highest BCUT2D eigenvalue weighted by atomic mass is 16.5. The Balaban J connectivity index is 1.84. The smallest absolute Gasteiger partial charge is 0.174 e. The van der Waals surface area contributed by atoms with E-state index in [4.69, 9.17) is 9.47 Å². The lowest BCUT2D eigenvalue weighted by Gasteiger charge is -2.20. The molecule has 0 saturated carbocycles. The molecule has 2 heterocycles. The summed E-state index contributed by atoms with van der Waals surface area (Å²) in [7, 11) is 0. The van der Waals surface area contributed by atoms with Gasteiger partial charge in [-0.2, -0.15) is 0 Å². The Bertz CT molecular complexity index is 281. The number of nitrogens with one attached hydrogen (secondary N) is 1. The van der Waals surface area contributed by atoms with Gasteiger partial charge in [-0.1, -0.05) is 12.2 Å². The molecule has 3 heteroatoms. The molecule has 0 saturated heterocycles. The van der Waals surface area contributed by atoms with Crippen LogP contribution in [0, 0.1) is 5.92 Å². The Morgan fingerprint density at radius 2 is 2.33 bits per heavy atom. The molecular weight excluding hydrogens is 190 g/mol. The number of hydrogen-bond donors (Lipinski definition) is 1. The van der Waals surface area contributed by atoms with Gasteiger partial charge in [0.2, 0.25) is 0 Å². The molecule has 0 aromatic rings. The predicted molar refractivity (Wildman–Crippen MR) is 59.1 cm³/mol. The van der Waals surface area contributed by atoms with Crippen LogP contribution in [0.15, 0.2) is 24.1 Å². The fraction of sp³-hybridized carbons (Fsp3) is 0.667. The summed E-state index contributed by atoms with van der Waals surface area (Å²) in [5.41, 5.74) is 0.945. The highest BCUT2D eigenvalue weighted by molar-refractivity contribution is 5.06. The van der Waals surface area contributed by atoms with Gasteiger partial charge in [-0.25, -0.2) is 0 Å². The second-order valence-electron chi connectivity index (χ2n) is 4.71. The van der Waals surface area contributed by atoms with Crippen LogP contribution in [0.2, 0.25) is 0 Å². The molecule has 1 N–H and O–H groups in total. The van der Waals surface area contributed by atoms with Crippen molar-refractivity contribution in [2.24, 2.45) is 5.92 Å². The average molecular weight is 209 g/mol. The second kappa shape index (κ2) is 4.27. The molecule has 2 aliphatic rings. The minimum Gasteiger partial charge on any atom is -0.475 e. The Hall–Kier alpha value is -0.960. The molecule has 0 aromatic heterocycles. The fourth-order valence-electron chi connectivity index (χ4n) is 1.94. The zero-order chi connectivity index (χ0) is 10.7. The van der Waals surface area contributed by atoms with E-state index < -0.39 is 0 Å². The predicted octanol–water partition coefficient (Wildman–Crippen LogP) is 2.17. The minimum absolute atomic E-state index is 0.239. The van der Waals surface area contributed by atoms with Crippen molar-refractivity contribution in [2.45, 2.75) is 32.4 Å². The molecule has 2 rings (SSSR count). The van der Waals surface area contributed by atoms with Crippen molar-refractivity contribution in [3.8, 4) is 0 Å². The van der Waals surface area contributed by atoms with Crippen LogP contribution in [-0.4, -0.2) is 18.9 Å². The lowest BCUT2D eigenvalue weighted by atomic mass is 10.0. The van der Waals surface area contributed by atoms with Gasteiger partial charge in [0, 0.05) is 5.70 Å². The standard InChI is InChI=1S/C12H19NO2/c1-12(2)13-11(9-15-12)7-10-5-3-4-6-14-8-10/h3-4,9-10,13H,5-8H2,1-2H3/t10-/m1/s1. The molecular formula is C12H19NO2. The van der Waals surface area contributed by atoms with Crippen molar-refractivity contribution in [3.63, 3.8) is 0 Å². The average Bonchev–Trinajstić information content (AvgIpc) is 2.41. The third-order valence-electron chi connectivity index (χ3n) is 2.67. The summed E-state index contributed by atoms with van der Waals surface area (Å²) >= 11 is 0. The van der Waals surface area contributed by atoms with E-state index in [2.05, 4.69) is 17.5 Å². The maximum Gasteiger partial charge on any atom is 0.174 e. The summed E-state index contributed by atoms with van der Waals surface area (Å²) in [6.45, 7) is 5.65. The molecule has 0 spiro atoms. The Kier molecular flexibility index (Phi) is 3.00. The van der Waals surface area contributed by atoms with Gasteiger partial charge in [0.1, 0.15) is 6.26 Å². The van der Waals surface area contributed by atoms with Gasteiger partial charge < -0.3 is 14.8 Å². The summed E-state index contributed by atoms with van der Waals surface area (Å²) in [5.74, 6) is 0.569. The minimum atomic E-state index is -0.239. The van der Waals surface area contributed by atoms with Crippen molar-refractivity contribution in [1.29, 1.82) is 0 Å². The second-order valence-corrected chi connectivity index (χ2v) is 4.71. The van der Waals surface area contributed by atoms with Crippen molar-refractivity contribution >= 4 is 0 Å². The molecule has 0 bridgehead atoms. The largest absolute Gasteiger partial charge is 0.475 e. The van der Waals surface area contributed by atoms with Gasteiger partial charge in [-0.3, -0.25) is 0 Å². The normalized spacial score (nSPS) is 28.9. The van der Waals surface area contributed by atoms with E-state index in [1.807, 2.05) is 20.1 Å². The van der Waals surface area contributed by atoms with Gasteiger partial charge >= 0.3 is 0 Å². The van der Waals surface area contributed by atoms with E-state index in [0.717, 1.165) is 26.1 Å². The van der Waals surface area contributed by atoms with Crippen LogP contribution in [0.3, 0.4) is 0 Å². The highest BCUT2D eigenvalue weighted by Crippen LogP contribution is 2.24. The van der Waals surface area contributed by atoms with E-state index in [9.17, 15) is 0 Å². The molecule has 1 atom stereocenters. The maximum absolute atomic E-state index is 5.49. The van der Waals surface area contributed by atoms with Crippen molar-refractivity contribution in [2.75, 3.05) is 13.2 Å². The van der Waals surface area contributed by atoms with Gasteiger partial charge in [-0.15, -0.1) is 0 Å². The molecule has 15 heavy (non-hydrogen) atoms. The Morgan fingerprint density at radius 1 is 1.47 bits per heavy atom. The van der Waals surface area contributed by atoms with Crippen molar-refractivity contribution in [3.05, 3.63) is 24.1 Å². The van der Waals surface area contributed by atoms with Crippen LogP contribution in [0.1, 0.15) is 26.7 Å². The SMILES string of the molecule is CC1(C)NC(C[C@H]2CC=CCOC2)=CO1. The van der Waals surface area contributed by atoms with Crippen LogP contribution in [0.4, 0.5) is 0 Å². The number of hydrogen-bond acceptors (Lipinski definition) is 3. The lowest BCUT2D eigenvalue weighted by molar-refractivity contribution is 0.0615. The molecule has 0 amide bonds. The van der Waals surface area contributed by atoms with Crippen molar-refractivity contribution < 1.29 is 9.47 Å². The van der Waals surface area contributed by atoms with E-state index in [1.165, 1.54) is 5.70 Å². The highest BCUT2D eigenvalue weighted by Gasteiger charge is 2.26. The number of allylic oxidation sites excluding steroid dienone is 2. The molecule has 0 radical (unpaired) electrons. The molecule has 0 aliphatic carbocycles. The molecule has 2 aliphatic heterocycles. The van der Waals surface area contributed by atoms with E-state index >= 15 is 0 Å². The zero-order valence-electron chi connectivity index (χ0n) is 9.45. The monoisotopic (exact) mass is 209 g/mol. The summed E-state index contributed by atoms with van der Waals surface area (Å²) in [5, 5.41) is 3.36. The first kappa shape index (κ1) is 10.6. The summed E-state index contributed by atoms with van der Waals surface area (Å²) < 4.78 is 11.0. The molecule has 0 fully saturated rings. The molecule has 3 nitrogen and oxygen atoms in total. The maximum atomic E-state index is 5.49. The quantitative estimate of drug-likeness (QED) is 0.707. The molecule has 0 aromatic carbocycles. The van der Waals surface area contributed by atoms with Gasteiger partial charge in [0.25, 0.3) is 0 Å². The first-order valence-corrected chi connectivity index (χ1v) is 5.53. The van der Waals surface area contributed by atoms with Gasteiger partial charge in [-0.05, 0) is 32.6 Å². The van der Waals surface area contributed by atoms with Crippen LogP contribution < -0.4 is 5.32 Å².